The lowest BCUT2D eigenvalue weighted by molar-refractivity contribution is -0.227. The quantitative estimate of drug-likeness (QED) is 0.852. The lowest BCUT2D eigenvalue weighted by Crippen LogP contribution is -2.47. The van der Waals surface area contributed by atoms with Crippen LogP contribution >= 0.6 is 0 Å². The Kier molecular flexibility index (Phi) is 3.86. The summed E-state index contributed by atoms with van der Waals surface area (Å²) in [5.74, 6) is -1.23. The van der Waals surface area contributed by atoms with Crippen LogP contribution in [-0.4, -0.2) is 44.1 Å². The van der Waals surface area contributed by atoms with E-state index in [4.69, 9.17) is 14.3 Å². The van der Waals surface area contributed by atoms with Crippen molar-refractivity contribution < 1.29 is 32.3 Å². The summed E-state index contributed by atoms with van der Waals surface area (Å²) in [4.78, 5) is 17.6. The minimum atomic E-state index is -4.95. The Balaban J connectivity index is 2.06. The second-order valence-corrected chi connectivity index (χ2v) is 5.65. The zero-order valence-corrected chi connectivity index (χ0v) is 12.6. The Morgan fingerprint density at radius 1 is 1.35 bits per heavy atom. The van der Waals surface area contributed by atoms with E-state index in [9.17, 15) is 18.0 Å². The molecule has 2 aliphatic heterocycles. The molecule has 3 rings (SSSR count). The first kappa shape index (κ1) is 16.2. The Morgan fingerprint density at radius 2 is 2.00 bits per heavy atom. The summed E-state index contributed by atoms with van der Waals surface area (Å²) in [7, 11) is 3.00. The molecule has 0 radical (unpaired) electrons. The Bertz CT molecular complexity index is 604. The van der Waals surface area contributed by atoms with Gasteiger partial charge in [-0.2, -0.15) is 18.2 Å². The molecule has 0 N–H and O–H groups in total. The molecule has 0 aromatic heterocycles. The van der Waals surface area contributed by atoms with Gasteiger partial charge in [0.1, 0.15) is 11.2 Å². The van der Waals surface area contributed by atoms with E-state index in [2.05, 4.69) is 0 Å². The molecule has 5 nitrogen and oxygen atoms in total. The summed E-state index contributed by atoms with van der Waals surface area (Å²) in [5.41, 5.74) is -1.25. The molecule has 126 valence electrons. The predicted octanol–water partition coefficient (Wildman–Crippen LogP) is 2.48. The van der Waals surface area contributed by atoms with Gasteiger partial charge in [-0.25, -0.2) is 0 Å². The van der Waals surface area contributed by atoms with Gasteiger partial charge in [0.05, 0.1) is 19.8 Å². The molecule has 8 heteroatoms. The second kappa shape index (κ2) is 5.47. The number of carbonyl (C=O) groups excluding carboxylic acids is 1. The van der Waals surface area contributed by atoms with E-state index in [1.807, 2.05) is 0 Å². The molecule has 2 fully saturated rings. The molecule has 1 aromatic carbocycles. The van der Waals surface area contributed by atoms with Crippen molar-refractivity contribution in [3.05, 3.63) is 29.8 Å². The molecule has 3 atom stereocenters. The third-order valence-corrected chi connectivity index (χ3v) is 4.43. The summed E-state index contributed by atoms with van der Waals surface area (Å²) < 4.78 is 49.8. The fourth-order valence-corrected chi connectivity index (χ4v) is 3.43. The maximum absolute atomic E-state index is 13.2. The molecular formula is C15H16F3NO4. The van der Waals surface area contributed by atoms with Gasteiger partial charge in [-0.1, -0.05) is 12.1 Å². The summed E-state index contributed by atoms with van der Waals surface area (Å²) in [6, 6.07) is 5.66. The van der Waals surface area contributed by atoms with Crippen LogP contribution in [0.3, 0.4) is 0 Å². The van der Waals surface area contributed by atoms with Crippen molar-refractivity contribution in [2.24, 2.45) is 5.41 Å². The van der Waals surface area contributed by atoms with Crippen molar-refractivity contribution in [3.63, 3.8) is 0 Å². The van der Waals surface area contributed by atoms with Crippen molar-refractivity contribution >= 4 is 5.78 Å². The second-order valence-electron chi connectivity index (χ2n) is 5.65. The van der Waals surface area contributed by atoms with E-state index >= 15 is 0 Å². The largest absolute Gasteiger partial charge is 0.497 e. The maximum atomic E-state index is 13.2. The van der Waals surface area contributed by atoms with Crippen LogP contribution in [0.15, 0.2) is 24.3 Å². The zero-order valence-electron chi connectivity index (χ0n) is 12.6. The SMILES string of the molecule is COc1ccc([C@H]2N(C)O[C@H]3OCC[C@]32C(=O)C(F)(F)F)cc1. The number of ketones is 1. The molecule has 2 saturated heterocycles. The average Bonchev–Trinajstić information content (AvgIpc) is 3.01. The van der Waals surface area contributed by atoms with Gasteiger partial charge in [0.25, 0.3) is 0 Å². The van der Waals surface area contributed by atoms with Crippen LogP contribution < -0.4 is 4.74 Å². The van der Waals surface area contributed by atoms with Gasteiger partial charge in [0, 0.05) is 7.05 Å². The van der Waals surface area contributed by atoms with Gasteiger partial charge in [-0.3, -0.25) is 9.63 Å². The Labute approximate surface area is 130 Å². The molecule has 23 heavy (non-hydrogen) atoms. The number of Topliss-reactive ketones (excluding diaryl/α,β-unsaturated/α-hetero) is 1. The number of fused-ring (bicyclic) bond motifs is 1. The van der Waals surface area contributed by atoms with Crippen LogP contribution in [0.5, 0.6) is 5.75 Å². The van der Waals surface area contributed by atoms with Gasteiger partial charge in [0.2, 0.25) is 5.78 Å². The van der Waals surface area contributed by atoms with E-state index in [0.29, 0.717) is 11.3 Å². The molecule has 0 unspecified atom stereocenters. The van der Waals surface area contributed by atoms with E-state index < -0.39 is 29.7 Å². The fraction of sp³-hybridized carbons (Fsp3) is 0.533. The van der Waals surface area contributed by atoms with E-state index in [-0.39, 0.29) is 13.0 Å². The first-order valence-corrected chi connectivity index (χ1v) is 7.07. The van der Waals surface area contributed by atoms with Crippen LogP contribution in [0.1, 0.15) is 18.0 Å². The van der Waals surface area contributed by atoms with Crippen LogP contribution in [0, 0.1) is 5.41 Å². The number of ether oxygens (including phenoxy) is 2. The summed E-state index contributed by atoms with van der Waals surface area (Å²) in [6.45, 7) is 0.0486. The Morgan fingerprint density at radius 3 is 2.57 bits per heavy atom. The van der Waals surface area contributed by atoms with E-state index in [1.165, 1.54) is 19.2 Å². The summed E-state index contributed by atoms with van der Waals surface area (Å²) >= 11 is 0. The highest BCUT2D eigenvalue weighted by Crippen LogP contribution is 2.56. The number of benzene rings is 1. The highest BCUT2D eigenvalue weighted by atomic mass is 19.4. The molecule has 0 bridgehead atoms. The molecule has 1 aromatic rings. The number of alkyl halides is 3. The average molecular weight is 331 g/mol. The topological polar surface area (TPSA) is 48.0 Å². The van der Waals surface area contributed by atoms with Gasteiger partial charge in [-0.05, 0) is 24.1 Å². The molecule has 0 spiro atoms. The van der Waals surface area contributed by atoms with Gasteiger partial charge >= 0.3 is 6.18 Å². The van der Waals surface area contributed by atoms with Crippen molar-refractivity contribution in [2.75, 3.05) is 20.8 Å². The van der Waals surface area contributed by atoms with Gasteiger partial charge in [-0.15, -0.1) is 0 Å². The summed E-state index contributed by atoms with van der Waals surface area (Å²) in [6.07, 6.45) is -6.23. The number of hydrogen-bond acceptors (Lipinski definition) is 5. The molecule has 0 amide bonds. The van der Waals surface area contributed by atoms with E-state index in [1.54, 1.807) is 24.3 Å². The first-order chi connectivity index (χ1) is 10.8. The summed E-state index contributed by atoms with van der Waals surface area (Å²) in [5, 5.41) is 1.27. The number of rotatable bonds is 3. The smallest absolute Gasteiger partial charge is 0.450 e. The number of methoxy groups -OCH3 is 1. The highest BCUT2D eigenvalue weighted by molar-refractivity contribution is 5.91. The van der Waals surface area contributed by atoms with Crippen molar-refractivity contribution in [2.45, 2.75) is 24.9 Å². The number of hydrogen-bond donors (Lipinski definition) is 0. The number of carbonyl (C=O) groups is 1. The molecule has 2 aliphatic rings. The minimum Gasteiger partial charge on any atom is -0.497 e. The monoisotopic (exact) mass is 331 g/mol. The van der Waals surface area contributed by atoms with Crippen molar-refractivity contribution in [1.29, 1.82) is 0 Å². The third-order valence-electron chi connectivity index (χ3n) is 4.43. The van der Waals surface area contributed by atoms with Crippen molar-refractivity contribution in [3.8, 4) is 5.75 Å². The molecule has 2 heterocycles. The molecular weight excluding hydrogens is 315 g/mol. The molecule has 0 saturated carbocycles. The zero-order chi connectivity index (χ0) is 16.8. The number of hydroxylamine groups is 2. The third kappa shape index (κ3) is 2.41. The highest BCUT2D eigenvalue weighted by Gasteiger charge is 2.68. The van der Waals surface area contributed by atoms with Crippen LogP contribution in [-0.2, 0) is 14.4 Å². The van der Waals surface area contributed by atoms with Crippen molar-refractivity contribution in [1.82, 2.24) is 5.06 Å². The minimum absolute atomic E-state index is 0.0446. The van der Waals surface area contributed by atoms with Crippen LogP contribution in [0.4, 0.5) is 13.2 Å². The predicted molar refractivity (Wildman–Crippen MR) is 72.4 cm³/mol. The van der Waals surface area contributed by atoms with Gasteiger partial charge < -0.3 is 9.47 Å². The molecule has 0 aliphatic carbocycles. The fourth-order valence-electron chi connectivity index (χ4n) is 3.43. The van der Waals surface area contributed by atoms with Crippen LogP contribution in [0.25, 0.3) is 0 Å². The Hall–Kier alpha value is -1.64. The lowest BCUT2D eigenvalue weighted by atomic mass is 9.72. The standard InChI is InChI=1S/C15H16F3NO4/c1-19-11(9-3-5-10(21-2)6-4-9)14(12(20)15(16,17)18)7-8-22-13(14)23-19/h3-6,11,13H,7-8H2,1-2H3/t11-,13-,14+/m1/s1. The number of nitrogens with zero attached hydrogens (tertiary/aromatic N) is 1. The van der Waals surface area contributed by atoms with Crippen LogP contribution in [0.2, 0.25) is 0 Å². The number of halogens is 3. The normalized spacial score (nSPS) is 31.2. The van der Waals surface area contributed by atoms with E-state index in [0.717, 1.165) is 0 Å². The first-order valence-electron chi connectivity index (χ1n) is 7.07. The van der Waals surface area contributed by atoms with Gasteiger partial charge in [0.15, 0.2) is 6.29 Å². The lowest BCUT2D eigenvalue weighted by Gasteiger charge is -2.32. The maximum Gasteiger partial charge on any atom is 0.450 e.